The zero-order chi connectivity index (χ0) is 16.7. The van der Waals surface area contributed by atoms with Crippen molar-refractivity contribution in [2.45, 2.75) is 38.4 Å². The van der Waals surface area contributed by atoms with Crippen LogP contribution in [0.4, 0.5) is 0 Å². The number of carbonyl (C=O) groups excluding carboxylic acids is 1. The van der Waals surface area contributed by atoms with Gasteiger partial charge in [-0.3, -0.25) is 4.79 Å². The molecule has 0 radical (unpaired) electrons. The van der Waals surface area contributed by atoms with Crippen molar-refractivity contribution in [1.82, 2.24) is 0 Å². The van der Waals surface area contributed by atoms with Gasteiger partial charge in [0, 0.05) is 6.42 Å². The SMILES string of the molecule is CCOC(=O)C[C@@H](Cc1ccccc1)[Si](C)(C)c1ccccc1. The van der Waals surface area contributed by atoms with Crippen LogP contribution in [-0.4, -0.2) is 20.7 Å². The van der Waals surface area contributed by atoms with E-state index in [2.05, 4.69) is 61.6 Å². The molecule has 0 aliphatic heterocycles. The summed E-state index contributed by atoms with van der Waals surface area (Å²) in [7, 11) is -1.78. The van der Waals surface area contributed by atoms with Crippen molar-refractivity contribution >= 4 is 19.2 Å². The number of hydrogen-bond donors (Lipinski definition) is 0. The molecule has 3 heteroatoms. The molecule has 0 saturated heterocycles. The van der Waals surface area contributed by atoms with Crippen molar-refractivity contribution in [1.29, 1.82) is 0 Å². The van der Waals surface area contributed by atoms with Crippen LogP contribution >= 0.6 is 0 Å². The molecule has 0 aliphatic carbocycles. The standard InChI is InChI=1S/C20H26O2Si/c1-4-22-20(21)16-19(15-17-11-7-5-8-12-17)23(2,3)18-13-9-6-10-14-18/h5-14,19H,4,15-16H2,1-3H3/t19-/m1/s1. The summed E-state index contributed by atoms with van der Waals surface area (Å²) in [6.07, 6.45) is 1.42. The highest BCUT2D eigenvalue weighted by atomic mass is 28.3. The van der Waals surface area contributed by atoms with E-state index in [1.54, 1.807) is 0 Å². The Kier molecular flexibility index (Phi) is 6.17. The second-order valence-electron chi connectivity index (χ2n) is 6.48. The Morgan fingerprint density at radius 1 is 1.00 bits per heavy atom. The zero-order valence-corrected chi connectivity index (χ0v) is 15.3. The topological polar surface area (TPSA) is 26.3 Å². The van der Waals surface area contributed by atoms with Crippen LogP contribution in [0.5, 0.6) is 0 Å². The summed E-state index contributed by atoms with van der Waals surface area (Å²) in [5.74, 6) is -0.0788. The third kappa shape index (κ3) is 4.80. The molecule has 2 aromatic carbocycles. The molecule has 0 N–H and O–H groups in total. The largest absolute Gasteiger partial charge is 0.466 e. The third-order valence-electron chi connectivity index (χ3n) is 4.58. The normalized spacial score (nSPS) is 12.7. The van der Waals surface area contributed by atoms with Gasteiger partial charge in [0.15, 0.2) is 0 Å². The number of carbonyl (C=O) groups is 1. The molecule has 1 atom stereocenters. The second kappa shape index (κ2) is 8.11. The molecular weight excluding hydrogens is 300 g/mol. The van der Waals surface area contributed by atoms with E-state index in [4.69, 9.17) is 4.74 Å². The molecule has 0 aliphatic rings. The Bertz CT molecular complexity index is 608. The summed E-state index contributed by atoms with van der Waals surface area (Å²) in [5.41, 5.74) is 1.62. The van der Waals surface area contributed by atoms with Gasteiger partial charge in [0.1, 0.15) is 0 Å². The first-order valence-electron chi connectivity index (χ1n) is 8.29. The van der Waals surface area contributed by atoms with Crippen LogP contribution < -0.4 is 5.19 Å². The summed E-state index contributed by atoms with van der Waals surface area (Å²) < 4.78 is 5.22. The van der Waals surface area contributed by atoms with E-state index < -0.39 is 8.07 Å². The number of hydrogen-bond acceptors (Lipinski definition) is 2. The minimum absolute atomic E-state index is 0.0788. The Labute approximate surface area is 140 Å². The highest BCUT2D eigenvalue weighted by molar-refractivity contribution is 6.91. The predicted molar refractivity (Wildman–Crippen MR) is 98.7 cm³/mol. The lowest BCUT2D eigenvalue weighted by atomic mass is 10.1. The third-order valence-corrected chi connectivity index (χ3v) is 8.85. The highest BCUT2D eigenvalue weighted by Crippen LogP contribution is 2.30. The van der Waals surface area contributed by atoms with Gasteiger partial charge in [-0.1, -0.05) is 78.9 Å². The van der Waals surface area contributed by atoms with E-state index in [0.29, 0.717) is 18.6 Å². The van der Waals surface area contributed by atoms with Crippen LogP contribution in [0.15, 0.2) is 60.7 Å². The summed E-state index contributed by atoms with van der Waals surface area (Å²) >= 11 is 0. The average Bonchev–Trinajstić information content (AvgIpc) is 2.56. The molecule has 0 unspecified atom stereocenters. The Morgan fingerprint density at radius 2 is 1.57 bits per heavy atom. The van der Waals surface area contributed by atoms with E-state index in [0.717, 1.165) is 6.42 Å². The van der Waals surface area contributed by atoms with Gasteiger partial charge in [-0.2, -0.15) is 0 Å². The average molecular weight is 327 g/mol. The summed E-state index contributed by atoms with van der Waals surface area (Å²) in [5, 5.41) is 1.39. The maximum absolute atomic E-state index is 12.1. The molecule has 0 fully saturated rings. The minimum Gasteiger partial charge on any atom is -0.466 e. The lowest BCUT2D eigenvalue weighted by molar-refractivity contribution is -0.143. The van der Waals surface area contributed by atoms with Crippen molar-refractivity contribution in [2.24, 2.45) is 0 Å². The maximum atomic E-state index is 12.1. The highest BCUT2D eigenvalue weighted by Gasteiger charge is 2.35. The number of esters is 1. The first kappa shape index (κ1) is 17.5. The van der Waals surface area contributed by atoms with Gasteiger partial charge in [0.2, 0.25) is 0 Å². The molecule has 23 heavy (non-hydrogen) atoms. The van der Waals surface area contributed by atoms with Gasteiger partial charge in [-0.05, 0) is 24.4 Å². The Balaban J connectivity index is 2.26. The van der Waals surface area contributed by atoms with E-state index in [-0.39, 0.29) is 5.97 Å². The zero-order valence-electron chi connectivity index (χ0n) is 14.3. The van der Waals surface area contributed by atoms with Crippen molar-refractivity contribution < 1.29 is 9.53 Å². The lowest BCUT2D eigenvalue weighted by Crippen LogP contribution is -2.47. The molecule has 0 spiro atoms. The minimum atomic E-state index is -1.78. The first-order valence-corrected chi connectivity index (χ1v) is 11.4. The fourth-order valence-corrected chi connectivity index (χ4v) is 5.95. The smallest absolute Gasteiger partial charge is 0.305 e. The van der Waals surface area contributed by atoms with Crippen molar-refractivity contribution in [3.63, 3.8) is 0 Å². The monoisotopic (exact) mass is 326 g/mol. The maximum Gasteiger partial charge on any atom is 0.305 e. The van der Waals surface area contributed by atoms with E-state index >= 15 is 0 Å². The van der Waals surface area contributed by atoms with E-state index in [9.17, 15) is 4.79 Å². The van der Waals surface area contributed by atoms with Crippen LogP contribution in [0.1, 0.15) is 18.9 Å². The predicted octanol–water partition coefficient (Wildman–Crippen LogP) is 4.17. The van der Waals surface area contributed by atoms with Crippen LogP contribution in [0.3, 0.4) is 0 Å². The van der Waals surface area contributed by atoms with Crippen LogP contribution in [0.25, 0.3) is 0 Å². The summed E-state index contributed by atoms with van der Waals surface area (Å²) in [6, 6.07) is 21.1. The lowest BCUT2D eigenvalue weighted by Gasteiger charge is -2.33. The molecule has 2 aromatic rings. The Hall–Kier alpha value is -1.87. The van der Waals surface area contributed by atoms with Crippen molar-refractivity contribution in [2.75, 3.05) is 6.61 Å². The molecule has 0 heterocycles. The number of benzene rings is 2. The molecule has 2 nitrogen and oxygen atoms in total. The molecule has 122 valence electrons. The fraction of sp³-hybridized carbons (Fsp3) is 0.350. The van der Waals surface area contributed by atoms with Gasteiger partial charge in [0.25, 0.3) is 0 Å². The second-order valence-corrected chi connectivity index (χ2v) is 11.3. The summed E-state index contributed by atoms with van der Waals surface area (Å²) in [4.78, 5) is 12.1. The Morgan fingerprint density at radius 3 is 2.13 bits per heavy atom. The van der Waals surface area contributed by atoms with Crippen LogP contribution in [0.2, 0.25) is 18.6 Å². The van der Waals surface area contributed by atoms with Crippen molar-refractivity contribution in [3.05, 3.63) is 66.2 Å². The first-order chi connectivity index (χ1) is 11.0. The quantitative estimate of drug-likeness (QED) is 0.564. The molecule has 0 amide bonds. The van der Waals surface area contributed by atoms with Gasteiger partial charge in [-0.15, -0.1) is 0 Å². The van der Waals surface area contributed by atoms with Gasteiger partial charge < -0.3 is 4.74 Å². The summed E-state index contributed by atoms with van der Waals surface area (Å²) in [6.45, 7) is 7.03. The molecule has 2 rings (SSSR count). The molecular formula is C20H26O2Si. The molecule has 0 bridgehead atoms. The van der Waals surface area contributed by atoms with E-state index in [1.807, 2.05) is 19.1 Å². The van der Waals surface area contributed by atoms with Crippen molar-refractivity contribution in [3.8, 4) is 0 Å². The number of rotatable bonds is 7. The fourth-order valence-electron chi connectivity index (χ4n) is 3.01. The van der Waals surface area contributed by atoms with Crippen LogP contribution in [0, 0.1) is 0 Å². The van der Waals surface area contributed by atoms with Crippen LogP contribution in [-0.2, 0) is 16.0 Å². The van der Waals surface area contributed by atoms with E-state index in [1.165, 1.54) is 10.8 Å². The van der Waals surface area contributed by atoms with Gasteiger partial charge in [-0.25, -0.2) is 0 Å². The van der Waals surface area contributed by atoms with Gasteiger partial charge >= 0.3 is 5.97 Å². The van der Waals surface area contributed by atoms with Gasteiger partial charge in [0.05, 0.1) is 14.7 Å². The number of ether oxygens (including phenoxy) is 1. The molecule has 0 aromatic heterocycles. The molecule has 0 saturated carbocycles.